The molecule has 0 bridgehead atoms. The second kappa shape index (κ2) is 25.4. The van der Waals surface area contributed by atoms with Crippen molar-refractivity contribution in [2.45, 2.75) is 142 Å². The van der Waals surface area contributed by atoms with Crippen LogP contribution in [0, 0.1) is 0 Å². The predicted molar refractivity (Wildman–Crippen MR) is 154 cm³/mol. The van der Waals surface area contributed by atoms with Gasteiger partial charge in [0, 0.05) is 0 Å². The number of rotatable bonds is 29. The zero-order valence-electron chi connectivity index (χ0n) is 24.3. The molecule has 222 valence electrons. The molecule has 38 heavy (non-hydrogen) atoms. The standard InChI is InChI=1S/C31H57NO6/c1-2-3-4-5-6-7-8-9-10-11-12-13-14-15-16-17-18-19-20-21-25-32(26-22-29(33)34,27-23-30(35)36)28-24-31(37)38/h11-12H,2-10,13-28H2,1H3,(H2-,33,34,35,36,37,38)/p+1/b12-11+. The third-order valence-corrected chi connectivity index (χ3v) is 7.54. The summed E-state index contributed by atoms with van der Waals surface area (Å²) in [5, 5.41) is 27.4. The molecule has 0 aromatic carbocycles. The van der Waals surface area contributed by atoms with Crippen LogP contribution in [0.2, 0.25) is 0 Å². The minimum Gasteiger partial charge on any atom is -0.481 e. The predicted octanol–water partition coefficient (Wildman–Crippen LogP) is 7.83. The van der Waals surface area contributed by atoms with E-state index < -0.39 is 17.9 Å². The Kier molecular flexibility index (Phi) is 24.1. The monoisotopic (exact) mass is 540 g/mol. The van der Waals surface area contributed by atoms with Gasteiger partial charge in [-0.05, 0) is 38.5 Å². The molecule has 0 rings (SSSR count). The number of carboxylic acid groups (broad SMARTS) is 3. The normalized spacial score (nSPS) is 11.8. The molecule has 0 saturated heterocycles. The number of allylic oxidation sites excluding steroid dienone is 2. The van der Waals surface area contributed by atoms with E-state index >= 15 is 0 Å². The molecule has 0 unspecified atom stereocenters. The van der Waals surface area contributed by atoms with Crippen LogP contribution in [0.1, 0.15) is 142 Å². The highest BCUT2D eigenvalue weighted by Crippen LogP contribution is 2.17. The van der Waals surface area contributed by atoms with Crippen molar-refractivity contribution in [3.63, 3.8) is 0 Å². The summed E-state index contributed by atoms with van der Waals surface area (Å²) in [7, 11) is 0. The molecular weight excluding hydrogens is 482 g/mol. The fourth-order valence-corrected chi connectivity index (χ4v) is 5.07. The third-order valence-electron chi connectivity index (χ3n) is 7.54. The second-order valence-electron chi connectivity index (χ2n) is 11.0. The van der Waals surface area contributed by atoms with Crippen LogP contribution < -0.4 is 0 Å². The number of carboxylic acids is 3. The van der Waals surface area contributed by atoms with Gasteiger partial charge in [0.15, 0.2) is 0 Å². The molecule has 0 radical (unpaired) electrons. The fourth-order valence-electron chi connectivity index (χ4n) is 5.07. The van der Waals surface area contributed by atoms with Gasteiger partial charge in [-0.15, -0.1) is 0 Å². The number of unbranched alkanes of at least 4 members (excludes halogenated alkanes) is 16. The molecule has 0 heterocycles. The molecule has 0 saturated carbocycles. The first kappa shape index (κ1) is 36.1. The van der Waals surface area contributed by atoms with E-state index in [4.69, 9.17) is 15.3 Å². The lowest BCUT2D eigenvalue weighted by molar-refractivity contribution is -0.927. The first-order valence-corrected chi connectivity index (χ1v) is 15.5. The summed E-state index contributed by atoms with van der Waals surface area (Å²) in [5.41, 5.74) is 0. The van der Waals surface area contributed by atoms with Crippen molar-refractivity contribution in [2.75, 3.05) is 26.2 Å². The second-order valence-corrected chi connectivity index (χ2v) is 11.0. The van der Waals surface area contributed by atoms with Gasteiger partial charge in [0.1, 0.15) is 0 Å². The van der Waals surface area contributed by atoms with Crippen molar-refractivity contribution >= 4 is 17.9 Å². The summed E-state index contributed by atoms with van der Waals surface area (Å²) in [5.74, 6) is -2.80. The van der Waals surface area contributed by atoms with Gasteiger partial charge in [0.05, 0.1) is 45.4 Å². The highest BCUT2D eigenvalue weighted by Gasteiger charge is 2.29. The van der Waals surface area contributed by atoms with Crippen molar-refractivity contribution in [1.29, 1.82) is 0 Å². The molecule has 0 aliphatic heterocycles. The van der Waals surface area contributed by atoms with Gasteiger partial charge in [0.2, 0.25) is 0 Å². The topological polar surface area (TPSA) is 112 Å². The SMILES string of the molecule is CCCCCCCCCC/C=C/CCCCCCCCCC[N+](CCC(=O)O)(CCC(=O)O)CCC(=O)O. The van der Waals surface area contributed by atoms with E-state index in [1.165, 1.54) is 96.3 Å². The molecule has 0 fully saturated rings. The summed E-state index contributed by atoms with van der Waals surface area (Å²) in [4.78, 5) is 33.4. The molecule has 0 aliphatic carbocycles. The highest BCUT2D eigenvalue weighted by molar-refractivity contribution is 5.67. The van der Waals surface area contributed by atoms with Gasteiger partial charge in [-0.1, -0.05) is 96.1 Å². The van der Waals surface area contributed by atoms with Crippen molar-refractivity contribution in [3.8, 4) is 0 Å². The van der Waals surface area contributed by atoms with Crippen molar-refractivity contribution in [2.24, 2.45) is 0 Å². The van der Waals surface area contributed by atoms with Crippen LogP contribution in [0.5, 0.6) is 0 Å². The zero-order chi connectivity index (χ0) is 28.3. The summed E-state index contributed by atoms with van der Waals surface area (Å²) in [6.45, 7) is 3.74. The summed E-state index contributed by atoms with van der Waals surface area (Å²) in [6.07, 6.45) is 27.0. The van der Waals surface area contributed by atoms with E-state index in [0.717, 1.165) is 19.3 Å². The molecule has 0 aliphatic rings. The average Bonchev–Trinajstić information content (AvgIpc) is 2.88. The molecule has 0 aromatic heterocycles. The van der Waals surface area contributed by atoms with Gasteiger partial charge in [-0.3, -0.25) is 14.4 Å². The lowest BCUT2D eigenvalue weighted by Gasteiger charge is -2.38. The largest absolute Gasteiger partial charge is 0.481 e. The van der Waals surface area contributed by atoms with Crippen LogP contribution in [0.3, 0.4) is 0 Å². The molecule has 7 heteroatoms. The lowest BCUT2D eigenvalue weighted by Crippen LogP contribution is -2.52. The number of nitrogens with zero attached hydrogens (tertiary/aromatic N) is 1. The van der Waals surface area contributed by atoms with Gasteiger partial charge < -0.3 is 19.8 Å². The van der Waals surface area contributed by atoms with Crippen LogP contribution in [-0.4, -0.2) is 63.9 Å². The Morgan fingerprint density at radius 3 is 1.13 bits per heavy atom. The van der Waals surface area contributed by atoms with Gasteiger partial charge in [-0.25, -0.2) is 0 Å². The molecule has 7 nitrogen and oxygen atoms in total. The van der Waals surface area contributed by atoms with E-state index in [1.54, 1.807) is 0 Å². The summed E-state index contributed by atoms with van der Waals surface area (Å²) >= 11 is 0. The summed E-state index contributed by atoms with van der Waals surface area (Å²) < 4.78 is 0.261. The Hall–Kier alpha value is -1.89. The maximum Gasteiger partial charge on any atom is 0.309 e. The van der Waals surface area contributed by atoms with Crippen LogP contribution in [0.4, 0.5) is 0 Å². The van der Waals surface area contributed by atoms with Crippen molar-refractivity contribution < 1.29 is 34.2 Å². The number of hydrogen-bond acceptors (Lipinski definition) is 3. The Bertz CT molecular complexity index is 588. The minimum absolute atomic E-state index is 0.0758. The van der Waals surface area contributed by atoms with E-state index in [0.29, 0.717) is 6.54 Å². The molecule has 0 atom stereocenters. The molecule has 3 N–H and O–H groups in total. The Morgan fingerprint density at radius 2 is 0.789 bits per heavy atom. The van der Waals surface area contributed by atoms with Gasteiger partial charge in [-0.2, -0.15) is 0 Å². The molecule has 0 aromatic rings. The number of carbonyl (C=O) groups is 3. The maximum atomic E-state index is 11.1. The number of aliphatic carboxylic acids is 3. The van der Waals surface area contributed by atoms with E-state index in [-0.39, 0.29) is 43.4 Å². The molecular formula is C31H58NO6+. The lowest BCUT2D eigenvalue weighted by atomic mass is 10.1. The highest BCUT2D eigenvalue weighted by atomic mass is 16.4. The first-order chi connectivity index (χ1) is 18.3. The minimum atomic E-state index is -0.933. The van der Waals surface area contributed by atoms with Crippen molar-refractivity contribution in [1.82, 2.24) is 0 Å². The Balaban J connectivity index is 3.93. The third kappa shape index (κ3) is 24.4. The van der Waals surface area contributed by atoms with E-state index in [9.17, 15) is 14.4 Å². The van der Waals surface area contributed by atoms with Crippen LogP contribution in [-0.2, 0) is 14.4 Å². The fraction of sp³-hybridized carbons (Fsp3) is 0.839. The quantitative estimate of drug-likeness (QED) is 0.0506. The average molecular weight is 541 g/mol. The summed E-state index contributed by atoms with van der Waals surface area (Å²) in [6, 6.07) is 0. The smallest absolute Gasteiger partial charge is 0.309 e. The molecule has 0 amide bonds. The van der Waals surface area contributed by atoms with E-state index in [2.05, 4.69) is 19.1 Å². The van der Waals surface area contributed by atoms with Crippen LogP contribution in [0.25, 0.3) is 0 Å². The van der Waals surface area contributed by atoms with E-state index in [1.807, 2.05) is 0 Å². The number of hydrogen-bond donors (Lipinski definition) is 3. The maximum absolute atomic E-state index is 11.1. The van der Waals surface area contributed by atoms with Gasteiger partial charge in [0.25, 0.3) is 0 Å². The van der Waals surface area contributed by atoms with Crippen LogP contribution in [0.15, 0.2) is 12.2 Å². The molecule has 0 spiro atoms. The number of quaternary nitrogens is 1. The zero-order valence-corrected chi connectivity index (χ0v) is 24.3. The Labute approximate surface area is 232 Å². The van der Waals surface area contributed by atoms with Crippen molar-refractivity contribution in [3.05, 3.63) is 12.2 Å². The van der Waals surface area contributed by atoms with Gasteiger partial charge >= 0.3 is 17.9 Å². The first-order valence-electron chi connectivity index (χ1n) is 15.5. The van der Waals surface area contributed by atoms with Crippen LogP contribution >= 0.6 is 0 Å². The Morgan fingerprint density at radius 1 is 0.474 bits per heavy atom.